The van der Waals surface area contributed by atoms with Crippen molar-refractivity contribution in [3.05, 3.63) is 94.9 Å². The van der Waals surface area contributed by atoms with Gasteiger partial charge >= 0.3 is 5.97 Å². The van der Waals surface area contributed by atoms with Gasteiger partial charge in [0.05, 0.1) is 25.2 Å². The van der Waals surface area contributed by atoms with Gasteiger partial charge in [0.1, 0.15) is 34.6 Å². The SMILES string of the molecule is CCOc1ccccc1C1C(C#N)=C(N)Oc2cc(OC(=O)c3ccc(OC)cc3)ccc21. The smallest absolute Gasteiger partial charge is 0.343 e. The fraction of sp³-hybridized carbons (Fsp3) is 0.154. The Labute approximate surface area is 191 Å². The molecule has 3 aromatic rings. The van der Waals surface area contributed by atoms with Crippen LogP contribution in [-0.4, -0.2) is 19.7 Å². The number of allylic oxidation sites excluding steroid dienone is 1. The van der Waals surface area contributed by atoms with E-state index in [4.69, 9.17) is 24.7 Å². The minimum Gasteiger partial charge on any atom is -0.497 e. The molecule has 0 aromatic heterocycles. The van der Waals surface area contributed by atoms with E-state index in [0.717, 1.165) is 11.1 Å². The lowest BCUT2D eigenvalue weighted by Gasteiger charge is -2.27. The number of nitrogens with zero attached hydrogens (tertiary/aromatic N) is 1. The molecule has 0 saturated carbocycles. The Balaban J connectivity index is 1.68. The van der Waals surface area contributed by atoms with Crippen LogP contribution in [0.5, 0.6) is 23.0 Å². The van der Waals surface area contributed by atoms with Gasteiger partial charge in [-0.1, -0.05) is 24.3 Å². The van der Waals surface area contributed by atoms with E-state index < -0.39 is 11.9 Å². The first kappa shape index (κ1) is 21.8. The van der Waals surface area contributed by atoms with Crippen LogP contribution >= 0.6 is 0 Å². The molecular formula is C26H22N2O5. The second kappa shape index (κ2) is 9.37. The topological polar surface area (TPSA) is 104 Å². The predicted octanol–water partition coefficient (Wildman–Crippen LogP) is 4.53. The Hall–Kier alpha value is -4.44. The van der Waals surface area contributed by atoms with Crippen molar-refractivity contribution >= 4 is 5.97 Å². The molecule has 0 bridgehead atoms. The minimum atomic E-state index is -0.520. The second-order valence-electron chi connectivity index (χ2n) is 7.21. The Bertz CT molecular complexity index is 1260. The van der Waals surface area contributed by atoms with Crippen LogP contribution in [-0.2, 0) is 0 Å². The van der Waals surface area contributed by atoms with Crippen molar-refractivity contribution in [3.8, 4) is 29.1 Å². The van der Waals surface area contributed by atoms with Crippen molar-refractivity contribution in [2.24, 2.45) is 5.73 Å². The van der Waals surface area contributed by atoms with E-state index in [1.807, 2.05) is 31.2 Å². The van der Waals surface area contributed by atoms with Crippen LogP contribution in [0.4, 0.5) is 0 Å². The predicted molar refractivity (Wildman–Crippen MR) is 121 cm³/mol. The number of carbonyl (C=O) groups excluding carboxylic acids is 1. The monoisotopic (exact) mass is 442 g/mol. The third kappa shape index (κ3) is 4.32. The maximum Gasteiger partial charge on any atom is 0.343 e. The molecule has 3 aromatic carbocycles. The summed E-state index contributed by atoms with van der Waals surface area (Å²) in [6.45, 7) is 2.38. The van der Waals surface area contributed by atoms with Gasteiger partial charge in [-0.05, 0) is 43.3 Å². The van der Waals surface area contributed by atoms with Gasteiger partial charge in [-0.25, -0.2) is 4.79 Å². The van der Waals surface area contributed by atoms with Crippen LogP contribution < -0.4 is 24.7 Å². The lowest BCUT2D eigenvalue weighted by molar-refractivity contribution is 0.0734. The lowest BCUT2D eigenvalue weighted by atomic mass is 9.83. The number of rotatable bonds is 6. The van der Waals surface area contributed by atoms with Gasteiger partial charge in [-0.3, -0.25) is 0 Å². The fourth-order valence-corrected chi connectivity index (χ4v) is 3.72. The van der Waals surface area contributed by atoms with Crippen molar-refractivity contribution in [2.45, 2.75) is 12.8 Å². The van der Waals surface area contributed by atoms with Crippen LogP contribution in [0.25, 0.3) is 0 Å². The summed E-state index contributed by atoms with van der Waals surface area (Å²) in [5.74, 6) is 0.999. The molecule has 0 saturated heterocycles. The highest BCUT2D eigenvalue weighted by Gasteiger charge is 2.33. The summed E-state index contributed by atoms with van der Waals surface area (Å²) >= 11 is 0. The third-order valence-electron chi connectivity index (χ3n) is 5.26. The Morgan fingerprint density at radius 1 is 1.06 bits per heavy atom. The number of hydrogen-bond donors (Lipinski definition) is 1. The summed E-state index contributed by atoms with van der Waals surface area (Å²) in [6.07, 6.45) is 0. The average Bonchev–Trinajstić information content (AvgIpc) is 2.84. The molecule has 7 heteroatoms. The van der Waals surface area contributed by atoms with E-state index in [2.05, 4.69) is 6.07 Å². The summed E-state index contributed by atoms with van der Waals surface area (Å²) in [6, 6.07) is 21.3. The van der Waals surface area contributed by atoms with Crippen LogP contribution in [0.1, 0.15) is 34.3 Å². The van der Waals surface area contributed by atoms with Gasteiger partial charge in [0, 0.05) is 17.2 Å². The van der Waals surface area contributed by atoms with E-state index in [-0.39, 0.29) is 11.5 Å². The summed E-state index contributed by atoms with van der Waals surface area (Å²) in [7, 11) is 1.55. The number of nitriles is 1. The minimum absolute atomic E-state index is 0.0000625. The van der Waals surface area contributed by atoms with Gasteiger partial charge in [0.2, 0.25) is 5.88 Å². The fourth-order valence-electron chi connectivity index (χ4n) is 3.72. The van der Waals surface area contributed by atoms with Crippen molar-refractivity contribution in [2.75, 3.05) is 13.7 Å². The summed E-state index contributed by atoms with van der Waals surface area (Å²) in [5, 5.41) is 9.79. The van der Waals surface area contributed by atoms with Crippen molar-refractivity contribution in [1.82, 2.24) is 0 Å². The molecule has 0 amide bonds. The van der Waals surface area contributed by atoms with E-state index in [9.17, 15) is 10.1 Å². The molecule has 1 atom stereocenters. The zero-order chi connectivity index (χ0) is 23.4. The Kier molecular flexibility index (Phi) is 6.18. The maximum absolute atomic E-state index is 12.5. The molecule has 7 nitrogen and oxygen atoms in total. The lowest BCUT2D eigenvalue weighted by Crippen LogP contribution is -2.21. The molecule has 33 heavy (non-hydrogen) atoms. The molecule has 0 aliphatic carbocycles. The van der Waals surface area contributed by atoms with Crippen LogP contribution in [0.3, 0.4) is 0 Å². The second-order valence-corrected chi connectivity index (χ2v) is 7.21. The van der Waals surface area contributed by atoms with E-state index in [0.29, 0.717) is 35.2 Å². The van der Waals surface area contributed by atoms with Gasteiger partial charge in [0.15, 0.2) is 0 Å². The molecule has 166 valence electrons. The number of hydrogen-bond acceptors (Lipinski definition) is 7. The van der Waals surface area contributed by atoms with E-state index in [1.165, 1.54) is 0 Å². The van der Waals surface area contributed by atoms with Gasteiger partial charge < -0.3 is 24.7 Å². The Morgan fingerprint density at radius 3 is 2.48 bits per heavy atom. The molecule has 4 rings (SSSR count). The summed E-state index contributed by atoms with van der Waals surface area (Å²) in [5.41, 5.74) is 8.29. The quantitative estimate of drug-likeness (QED) is 0.442. The van der Waals surface area contributed by atoms with Gasteiger partial charge in [0.25, 0.3) is 0 Å². The largest absolute Gasteiger partial charge is 0.497 e. The third-order valence-corrected chi connectivity index (χ3v) is 5.26. The number of ether oxygens (including phenoxy) is 4. The molecule has 0 fully saturated rings. The zero-order valence-electron chi connectivity index (χ0n) is 18.2. The molecule has 1 unspecified atom stereocenters. The number of carbonyl (C=O) groups is 1. The highest BCUT2D eigenvalue weighted by atomic mass is 16.5. The average molecular weight is 442 g/mol. The number of para-hydroxylation sites is 1. The van der Waals surface area contributed by atoms with Crippen molar-refractivity contribution < 1.29 is 23.7 Å². The number of esters is 1. The van der Waals surface area contributed by atoms with E-state index in [1.54, 1.807) is 49.6 Å². The highest BCUT2D eigenvalue weighted by Crippen LogP contribution is 2.45. The normalized spacial score (nSPS) is 14.5. The molecule has 1 aliphatic heterocycles. The molecule has 2 N–H and O–H groups in total. The van der Waals surface area contributed by atoms with Crippen LogP contribution in [0.15, 0.2) is 78.2 Å². The summed E-state index contributed by atoms with van der Waals surface area (Å²) < 4.78 is 22.2. The number of benzene rings is 3. The van der Waals surface area contributed by atoms with Gasteiger partial charge in [-0.15, -0.1) is 0 Å². The first-order valence-corrected chi connectivity index (χ1v) is 10.3. The molecule has 0 spiro atoms. The van der Waals surface area contributed by atoms with Crippen molar-refractivity contribution in [3.63, 3.8) is 0 Å². The maximum atomic E-state index is 12.5. The van der Waals surface area contributed by atoms with E-state index >= 15 is 0 Å². The first-order chi connectivity index (χ1) is 16.0. The molecular weight excluding hydrogens is 420 g/mol. The number of methoxy groups -OCH3 is 1. The molecule has 0 radical (unpaired) electrons. The number of nitrogens with two attached hydrogens (primary N) is 1. The zero-order valence-corrected chi connectivity index (χ0v) is 18.2. The van der Waals surface area contributed by atoms with Crippen LogP contribution in [0, 0.1) is 11.3 Å². The van der Waals surface area contributed by atoms with Crippen LogP contribution in [0.2, 0.25) is 0 Å². The van der Waals surface area contributed by atoms with Crippen molar-refractivity contribution in [1.29, 1.82) is 5.26 Å². The Morgan fingerprint density at radius 2 is 1.79 bits per heavy atom. The standard InChI is InChI=1S/C26H22N2O5/c1-3-31-22-7-5-4-6-19(22)24-20-13-12-18(14-23(20)33-25(28)21(24)15-27)32-26(29)16-8-10-17(30-2)11-9-16/h4-14,24H,3,28H2,1-2H3. The number of fused-ring (bicyclic) bond motifs is 1. The summed E-state index contributed by atoms with van der Waals surface area (Å²) in [4.78, 5) is 12.5. The molecule has 1 heterocycles. The first-order valence-electron chi connectivity index (χ1n) is 10.3. The highest BCUT2D eigenvalue weighted by molar-refractivity contribution is 5.91. The van der Waals surface area contributed by atoms with Gasteiger partial charge in [-0.2, -0.15) is 5.26 Å². The molecule has 1 aliphatic rings.